The van der Waals surface area contributed by atoms with Gasteiger partial charge in [0.05, 0.1) is 17.6 Å². The number of anilines is 1. The highest BCUT2D eigenvalue weighted by molar-refractivity contribution is 5.45. The number of nitrogens with two attached hydrogens (primary N) is 1. The second-order valence-electron chi connectivity index (χ2n) is 5.50. The van der Waals surface area contributed by atoms with Crippen LogP contribution in [0.25, 0.3) is 0 Å². The Morgan fingerprint density at radius 1 is 1.28 bits per heavy atom. The Balaban J connectivity index is 2.12. The summed E-state index contributed by atoms with van der Waals surface area (Å²) < 4.78 is 0. The van der Waals surface area contributed by atoms with Gasteiger partial charge in [0.2, 0.25) is 0 Å². The topological polar surface area (TPSA) is 45.4 Å². The van der Waals surface area contributed by atoms with Crippen LogP contribution >= 0.6 is 0 Å². The fraction of sp³-hybridized carbons (Fsp3) is 0.643. The summed E-state index contributed by atoms with van der Waals surface area (Å²) in [5.41, 5.74) is 7.97. The number of piperazine rings is 1. The summed E-state index contributed by atoms with van der Waals surface area (Å²) in [5, 5.41) is 0. The van der Waals surface area contributed by atoms with E-state index in [2.05, 4.69) is 41.7 Å². The minimum absolute atomic E-state index is 0.00406. The van der Waals surface area contributed by atoms with Gasteiger partial charge < -0.3 is 10.6 Å². The van der Waals surface area contributed by atoms with Crippen LogP contribution in [-0.4, -0.2) is 42.1 Å². The first kappa shape index (κ1) is 13.3. The van der Waals surface area contributed by atoms with Crippen LogP contribution < -0.4 is 10.6 Å². The zero-order valence-corrected chi connectivity index (χ0v) is 11.8. The minimum atomic E-state index is 0.00406. The maximum Gasteiger partial charge on any atom is 0.0569 e. The molecule has 0 aliphatic carbocycles. The van der Waals surface area contributed by atoms with Gasteiger partial charge in [-0.3, -0.25) is 9.88 Å². The molecule has 0 saturated carbocycles. The molecule has 0 bridgehead atoms. The molecule has 18 heavy (non-hydrogen) atoms. The van der Waals surface area contributed by atoms with Crippen LogP contribution in [0.15, 0.2) is 18.3 Å². The molecule has 1 aromatic heterocycles. The maximum atomic E-state index is 5.82. The van der Waals surface area contributed by atoms with Crippen LogP contribution in [-0.2, 0) is 0 Å². The van der Waals surface area contributed by atoms with Crippen molar-refractivity contribution < 1.29 is 0 Å². The molecule has 3 unspecified atom stereocenters. The summed E-state index contributed by atoms with van der Waals surface area (Å²) >= 11 is 0. The lowest BCUT2D eigenvalue weighted by Gasteiger charge is -2.43. The molecule has 1 aliphatic rings. The van der Waals surface area contributed by atoms with Gasteiger partial charge in [0.15, 0.2) is 0 Å². The van der Waals surface area contributed by atoms with Crippen molar-refractivity contribution in [2.75, 3.05) is 25.0 Å². The number of hydrogen-bond donors (Lipinski definition) is 1. The molecule has 0 amide bonds. The van der Waals surface area contributed by atoms with Crippen molar-refractivity contribution >= 4 is 5.69 Å². The van der Waals surface area contributed by atoms with Crippen molar-refractivity contribution in [2.24, 2.45) is 5.73 Å². The summed E-state index contributed by atoms with van der Waals surface area (Å²) in [6, 6.07) is 5.32. The number of pyridine rings is 1. The van der Waals surface area contributed by atoms with Crippen molar-refractivity contribution in [3.63, 3.8) is 0 Å². The number of rotatable bonds is 2. The molecule has 4 nitrogen and oxygen atoms in total. The smallest absolute Gasteiger partial charge is 0.0569 e. The highest BCUT2D eigenvalue weighted by atomic mass is 15.3. The molecule has 1 aromatic rings. The molecule has 1 aliphatic heterocycles. The van der Waals surface area contributed by atoms with E-state index in [4.69, 9.17) is 5.73 Å². The number of likely N-dealkylation sites (N-methyl/N-ethyl adjacent to an activating group) is 1. The Morgan fingerprint density at radius 2 is 1.89 bits per heavy atom. The third-order valence-electron chi connectivity index (χ3n) is 3.96. The molecular weight excluding hydrogens is 224 g/mol. The van der Waals surface area contributed by atoms with E-state index >= 15 is 0 Å². The Kier molecular flexibility index (Phi) is 3.88. The largest absolute Gasteiger partial charge is 0.367 e. The lowest BCUT2D eigenvalue weighted by molar-refractivity contribution is 0.170. The molecule has 2 heterocycles. The van der Waals surface area contributed by atoms with Crippen molar-refractivity contribution in [1.29, 1.82) is 0 Å². The third-order valence-corrected chi connectivity index (χ3v) is 3.96. The molecular formula is C14H24N4. The first-order chi connectivity index (χ1) is 8.49. The number of nitrogens with zero attached hydrogens (tertiary/aromatic N) is 3. The van der Waals surface area contributed by atoms with E-state index in [1.807, 2.05) is 19.2 Å². The second kappa shape index (κ2) is 5.24. The summed E-state index contributed by atoms with van der Waals surface area (Å²) in [5.74, 6) is 0. The maximum absolute atomic E-state index is 5.82. The summed E-state index contributed by atoms with van der Waals surface area (Å²) in [6.45, 7) is 8.61. The fourth-order valence-electron chi connectivity index (χ4n) is 2.47. The molecule has 100 valence electrons. The zero-order valence-electron chi connectivity index (χ0n) is 11.8. The first-order valence-corrected chi connectivity index (χ1v) is 6.67. The quantitative estimate of drug-likeness (QED) is 0.864. The molecule has 0 radical (unpaired) electrons. The lowest BCUT2D eigenvalue weighted by Crippen LogP contribution is -2.55. The molecule has 4 heteroatoms. The number of hydrogen-bond acceptors (Lipinski definition) is 4. The van der Waals surface area contributed by atoms with E-state index in [1.165, 1.54) is 5.69 Å². The fourth-order valence-corrected chi connectivity index (χ4v) is 2.47. The second-order valence-corrected chi connectivity index (χ2v) is 5.50. The van der Waals surface area contributed by atoms with E-state index in [0.717, 1.165) is 18.8 Å². The highest BCUT2D eigenvalue weighted by Crippen LogP contribution is 2.21. The van der Waals surface area contributed by atoms with Crippen molar-refractivity contribution in [2.45, 2.75) is 38.9 Å². The predicted molar refractivity (Wildman–Crippen MR) is 75.7 cm³/mol. The van der Waals surface area contributed by atoms with Crippen molar-refractivity contribution in [3.05, 3.63) is 24.0 Å². The van der Waals surface area contributed by atoms with Gasteiger partial charge in [0.1, 0.15) is 0 Å². The summed E-state index contributed by atoms with van der Waals surface area (Å²) in [6.07, 6.45) is 1.95. The Labute approximate surface area is 110 Å². The van der Waals surface area contributed by atoms with E-state index in [9.17, 15) is 0 Å². The van der Waals surface area contributed by atoms with E-state index in [0.29, 0.717) is 12.1 Å². The lowest BCUT2D eigenvalue weighted by atomic mass is 10.1. The SMILES string of the molecule is CC(N)c1ccc(N2CC(C)N(C)C(C)C2)cn1. The Morgan fingerprint density at radius 3 is 2.33 bits per heavy atom. The van der Waals surface area contributed by atoms with Gasteiger partial charge in [-0.05, 0) is 40.0 Å². The Bertz CT molecular complexity index is 375. The van der Waals surface area contributed by atoms with Crippen LogP contribution in [0.5, 0.6) is 0 Å². The minimum Gasteiger partial charge on any atom is -0.367 e. The van der Waals surface area contributed by atoms with Gasteiger partial charge in [-0.25, -0.2) is 0 Å². The molecule has 0 aromatic carbocycles. The zero-order chi connectivity index (χ0) is 13.3. The van der Waals surface area contributed by atoms with Gasteiger partial charge in [-0.2, -0.15) is 0 Å². The number of aromatic nitrogens is 1. The van der Waals surface area contributed by atoms with Crippen LogP contribution in [0.1, 0.15) is 32.5 Å². The summed E-state index contributed by atoms with van der Waals surface area (Å²) in [4.78, 5) is 9.28. The molecule has 1 fully saturated rings. The van der Waals surface area contributed by atoms with Gasteiger partial charge in [0, 0.05) is 31.2 Å². The molecule has 3 atom stereocenters. The molecule has 2 rings (SSSR count). The standard InChI is InChI=1S/C14H24N4/c1-10-8-18(9-11(2)17(10)4)13-5-6-14(12(3)15)16-7-13/h5-7,10-12H,8-9,15H2,1-4H3. The highest BCUT2D eigenvalue weighted by Gasteiger charge is 2.26. The average Bonchev–Trinajstić information content (AvgIpc) is 2.35. The Hall–Kier alpha value is -1.13. The monoisotopic (exact) mass is 248 g/mol. The van der Waals surface area contributed by atoms with E-state index in [1.54, 1.807) is 0 Å². The van der Waals surface area contributed by atoms with Gasteiger partial charge in [-0.1, -0.05) is 0 Å². The van der Waals surface area contributed by atoms with Crippen LogP contribution in [0.4, 0.5) is 5.69 Å². The molecule has 2 N–H and O–H groups in total. The van der Waals surface area contributed by atoms with Gasteiger partial charge in [0.25, 0.3) is 0 Å². The molecule has 0 spiro atoms. The third kappa shape index (κ3) is 2.65. The van der Waals surface area contributed by atoms with Gasteiger partial charge in [-0.15, -0.1) is 0 Å². The van der Waals surface area contributed by atoms with E-state index < -0.39 is 0 Å². The van der Waals surface area contributed by atoms with Crippen molar-refractivity contribution in [1.82, 2.24) is 9.88 Å². The average molecular weight is 248 g/mol. The predicted octanol–water partition coefficient (Wildman–Crippen LogP) is 1.63. The van der Waals surface area contributed by atoms with Crippen LogP contribution in [0.3, 0.4) is 0 Å². The van der Waals surface area contributed by atoms with Gasteiger partial charge >= 0.3 is 0 Å². The molecule has 1 saturated heterocycles. The first-order valence-electron chi connectivity index (χ1n) is 6.67. The van der Waals surface area contributed by atoms with Crippen molar-refractivity contribution in [3.8, 4) is 0 Å². The van der Waals surface area contributed by atoms with Crippen LogP contribution in [0, 0.1) is 0 Å². The normalized spacial score (nSPS) is 27.3. The van der Waals surface area contributed by atoms with E-state index in [-0.39, 0.29) is 6.04 Å². The summed E-state index contributed by atoms with van der Waals surface area (Å²) in [7, 11) is 2.20. The van der Waals surface area contributed by atoms with Crippen LogP contribution in [0.2, 0.25) is 0 Å².